The number of hydrogen-bond acceptors (Lipinski definition) is 2. The predicted octanol–water partition coefficient (Wildman–Crippen LogP) is 4.16. The van der Waals surface area contributed by atoms with Crippen LogP contribution in [-0.2, 0) is 6.54 Å². The second-order valence-electron chi connectivity index (χ2n) is 7.61. The van der Waals surface area contributed by atoms with Crippen LogP contribution in [0.1, 0.15) is 64.0 Å². The minimum Gasteiger partial charge on any atom is -0.311 e. The lowest BCUT2D eigenvalue weighted by Gasteiger charge is -2.26. The van der Waals surface area contributed by atoms with E-state index in [1.807, 2.05) is 0 Å². The molecule has 1 heterocycles. The van der Waals surface area contributed by atoms with Gasteiger partial charge in [0.2, 0.25) is 0 Å². The zero-order valence-corrected chi connectivity index (χ0v) is 14.3. The van der Waals surface area contributed by atoms with Gasteiger partial charge < -0.3 is 5.32 Å². The first kappa shape index (κ1) is 16.5. The molecule has 0 aliphatic carbocycles. The van der Waals surface area contributed by atoms with Crippen molar-refractivity contribution in [3.8, 4) is 0 Å². The van der Waals surface area contributed by atoms with E-state index in [1.54, 1.807) is 0 Å². The van der Waals surface area contributed by atoms with Crippen LogP contribution in [0.5, 0.6) is 0 Å². The van der Waals surface area contributed by atoms with Crippen molar-refractivity contribution < 1.29 is 0 Å². The number of hydrogen-bond donors (Lipinski definition) is 1. The van der Waals surface area contributed by atoms with Gasteiger partial charge in [-0.3, -0.25) is 4.90 Å². The molecular formula is C19H32N2. The molecule has 0 radical (unpaired) electrons. The molecule has 1 aromatic carbocycles. The largest absolute Gasteiger partial charge is 0.311 e. The van der Waals surface area contributed by atoms with E-state index >= 15 is 0 Å². The zero-order valence-electron chi connectivity index (χ0n) is 14.3. The van der Waals surface area contributed by atoms with Crippen LogP contribution in [0.2, 0.25) is 0 Å². The lowest BCUT2D eigenvalue weighted by atomic mass is 9.98. The van der Waals surface area contributed by atoms with E-state index in [4.69, 9.17) is 0 Å². The molecule has 118 valence electrons. The van der Waals surface area contributed by atoms with E-state index in [2.05, 4.69) is 62.2 Å². The van der Waals surface area contributed by atoms with E-state index in [1.165, 1.54) is 43.5 Å². The van der Waals surface area contributed by atoms with Gasteiger partial charge in [-0.25, -0.2) is 0 Å². The van der Waals surface area contributed by atoms with Crippen LogP contribution in [0.15, 0.2) is 24.3 Å². The molecule has 1 N–H and O–H groups in total. The molecule has 1 aliphatic rings. The summed E-state index contributed by atoms with van der Waals surface area (Å²) in [4.78, 5) is 2.59. The highest BCUT2D eigenvalue weighted by atomic mass is 15.1. The third-order valence-electron chi connectivity index (χ3n) is 4.34. The van der Waals surface area contributed by atoms with E-state index in [0.717, 1.165) is 13.1 Å². The molecule has 21 heavy (non-hydrogen) atoms. The Kier molecular flexibility index (Phi) is 5.83. The standard InChI is InChI=1S/C19H32N2/c1-16(14-20-19(2,3)4)18-10-8-17(9-11-18)15-21-12-6-5-7-13-21/h8-11,16,20H,5-7,12-15H2,1-4H3. The summed E-state index contributed by atoms with van der Waals surface area (Å²) < 4.78 is 0. The molecule has 0 saturated carbocycles. The summed E-state index contributed by atoms with van der Waals surface area (Å²) in [6, 6.07) is 9.26. The molecule has 2 heteroatoms. The molecule has 0 spiro atoms. The van der Waals surface area contributed by atoms with E-state index in [9.17, 15) is 0 Å². The highest BCUT2D eigenvalue weighted by Gasteiger charge is 2.13. The molecular weight excluding hydrogens is 256 g/mol. The normalized spacial score (nSPS) is 18.7. The Hall–Kier alpha value is -0.860. The van der Waals surface area contributed by atoms with Gasteiger partial charge in [-0.2, -0.15) is 0 Å². The van der Waals surface area contributed by atoms with Crippen molar-refractivity contribution in [3.63, 3.8) is 0 Å². The number of piperidine rings is 1. The maximum absolute atomic E-state index is 3.59. The Morgan fingerprint density at radius 3 is 2.24 bits per heavy atom. The Balaban J connectivity index is 1.85. The van der Waals surface area contributed by atoms with Gasteiger partial charge in [0.1, 0.15) is 0 Å². The number of rotatable bonds is 5. The minimum absolute atomic E-state index is 0.197. The second-order valence-corrected chi connectivity index (χ2v) is 7.61. The van der Waals surface area contributed by atoms with Gasteiger partial charge in [-0.15, -0.1) is 0 Å². The fourth-order valence-electron chi connectivity index (χ4n) is 2.90. The molecule has 2 nitrogen and oxygen atoms in total. The summed E-state index contributed by atoms with van der Waals surface area (Å²) in [6.07, 6.45) is 4.15. The van der Waals surface area contributed by atoms with Crippen LogP contribution in [0.25, 0.3) is 0 Å². The topological polar surface area (TPSA) is 15.3 Å². The first-order valence-electron chi connectivity index (χ1n) is 8.50. The van der Waals surface area contributed by atoms with Gasteiger partial charge in [0.15, 0.2) is 0 Å². The summed E-state index contributed by atoms with van der Waals surface area (Å²) in [5, 5.41) is 3.59. The summed E-state index contributed by atoms with van der Waals surface area (Å²) in [7, 11) is 0. The second kappa shape index (κ2) is 7.42. The fraction of sp³-hybridized carbons (Fsp3) is 0.684. The third kappa shape index (κ3) is 5.80. The highest BCUT2D eigenvalue weighted by Crippen LogP contribution is 2.18. The number of nitrogens with zero attached hydrogens (tertiary/aromatic N) is 1. The predicted molar refractivity (Wildman–Crippen MR) is 91.7 cm³/mol. The first-order chi connectivity index (χ1) is 9.94. The maximum Gasteiger partial charge on any atom is 0.0233 e. The summed E-state index contributed by atoms with van der Waals surface area (Å²) in [5.41, 5.74) is 3.09. The van der Waals surface area contributed by atoms with Gasteiger partial charge in [-0.1, -0.05) is 37.6 Å². The highest BCUT2D eigenvalue weighted by molar-refractivity contribution is 5.25. The van der Waals surface area contributed by atoms with Crippen molar-refractivity contribution in [2.45, 2.75) is 65.0 Å². The Labute approximate surface area is 130 Å². The van der Waals surface area contributed by atoms with Crippen LogP contribution in [-0.4, -0.2) is 30.1 Å². The SMILES string of the molecule is CC(CNC(C)(C)C)c1ccc(CN2CCCCC2)cc1. The van der Waals surface area contributed by atoms with E-state index in [0.29, 0.717) is 5.92 Å². The fourth-order valence-corrected chi connectivity index (χ4v) is 2.90. The van der Waals surface area contributed by atoms with E-state index in [-0.39, 0.29) is 5.54 Å². The average Bonchev–Trinajstić information content (AvgIpc) is 2.46. The average molecular weight is 288 g/mol. The Bertz CT molecular complexity index is 410. The van der Waals surface area contributed by atoms with Crippen molar-refractivity contribution in [1.82, 2.24) is 10.2 Å². The monoisotopic (exact) mass is 288 g/mol. The lowest BCUT2D eigenvalue weighted by Crippen LogP contribution is -2.38. The molecule has 1 aromatic rings. The maximum atomic E-state index is 3.59. The van der Waals surface area contributed by atoms with Gasteiger partial charge in [-0.05, 0) is 63.7 Å². The molecule has 0 bridgehead atoms. The number of nitrogens with one attached hydrogen (secondary N) is 1. The molecule has 1 saturated heterocycles. The molecule has 0 amide bonds. The molecule has 1 atom stereocenters. The van der Waals surface area contributed by atoms with Crippen LogP contribution < -0.4 is 5.32 Å². The quantitative estimate of drug-likeness (QED) is 0.875. The van der Waals surface area contributed by atoms with Crippen molar-refractivity contribution >= 4 is 0 Å². The summed E-state index contributed by atoms with van der Waals surface area (Å²) >= 11 is 0. The van der Waals surface area contributed by atoms with Gasteiger partial charge in [0.05, 0.1) is 0 Å². The molecule has 1 fully saturated rings. The number of benzene rings is 1. The van der Waals surface area contributed by atoms with Crippen molar-refractivity contribution in [3.05, 3.63) is 35.4 Å². The van der Waals surface area contributed by atoms with Crippen LogP contribution >= 0.6 is 0 Å². The van der Waals surface area contributed by atoms with Crippen LogP contribution in [0.4, 0.5) is 0 Å². The zero-order chi connectivity index (χ0) is 15.3. The third-order valence-corrected chi connectivity index (χ3v) is 4.34. The smallest absolute Gasteiger partial charge is 0.0233 e. The van der Waals surface area contributed by atoms with Crippen molar-refractivity contribution in [2.75, 3.05) is 19.6 Å². The van der Waals surface area contributed by atoms with Gasteiger partial charge in [0.25, 0.3) is 0 Å². The molecule has 1 aliphatic heterocycles. The lowest BCUT2D eigenvalue weighted by molar-refractivity contribution is 0.221. The van der Waals surface area contributed by atoms with Crippen molar-refractivity contribution in [2.24, 2.45) is 0 Å². The Morgan fingerprint density at radius 1 is 1.05 bits per heavy atom. The molecule has 2 rings (SSSR count). The summed E-state index contributed by atoms with van der Waals surface area (Å²) in [5.74, 6) is 0.563. The van der Waals surface area contributed by atoms with Gasteiger partial charge >= 0.3 is 0 Å². The minimum atomic E-state index is 0.197. The Morgan fingerprint density at radius 2 is 1.67 bits per heavy atom. The van der Waals surface area contributed by atoms with Crippen molar-refractivity contribution in [1.29, 1.82) is 0 Å². The summed E-state index contributed by atoms with van der Waals surface area (Å²) in [6.45, 7) is 13.7. The molecule has 0 aromatic heterocycles. The van der Waals surface area contributed by atoms with E-state index < -0.39 is 0 Å². The first-order valence-corrected chi connectivity index (χ1v) is 8.50. The van der Waals surface area contributed by atoms with Gasteiger partial charge in [0, 0.05) is 18.6 Å². The van der Waals surface area contributed by atoms with Crippen LogP contribution in [0.3, 0.4) is 0 Å². The van der Waals surface area contributed by atoms with Crippen LogP contribution in [0, 0.1) is 0 Å². The number of likely N-dealkylation sites (tertiary alicyclic amines) is 1. The molecule has 1 unspecified atom stereocenters.